The summed E-state index contributed by atoms with van der Waals surface area (Å²) in [6, 6.07) is 0. The van der Waals surface area contributed by atoms with Gasteiger partial charge in [-0.3, -0.25) is 9.69 Å². The van der Waals surface area contributed by atoms with Crippen LogP contribution in [0.4, 0.5) is 13.2 Å². The summed E-state index contributed by atoms with van der Waals surface area (Å²) in [6.45, 7) is -1.31. The number of nitrogens with zero attached hydrogens (tertiary/aromatic N) is 1. The lowest BCUT2D eigenvalue weighted by Crippen LogP contribution is -2.41. The number of hydrogen-bond donors (Lipinski definition) is 1. The number of alkyl halides is 3. The molecule has 6 heteroatoms. The van der Waals surface area contributed by atoms with Crippen molar-refractivity contribution in [1.29, 1.82) is 0 Å². The topological polar surface area (TPSA) is 40.5 Å². The number of aliphatic hydroxyl groups is 1. The van der Waals surface area contributed by atoms with Crippen molar-refractivity contribution in [3.8, 4) is 0 Å². The molecular formula is C11H18F3NO2. The van der Waals surface area contributed by atoms with E-state index in [0.717, 1.165) is 17.7 Å². The Kier molecular flexibility index (Phi) is 5.39. The maximum absolute atomic E-state index is 12.3. The average molecular weight is 253 g/mol. The van der Waals surface area contributed by atoms with Gasteiger partial charge in [0.15, 0.2) is 0 Å². The highest BCUT2D eigenvalue weighted by Gasteiger charge is 2.33. The first-order valence-electron chi connectivity index (χ1n) is 5.85. The van der Waals surface area contributed by atoms with Crippen molar-refractivity contribution in [2.45, 2.75) is 31.9 Å². The van der Waals surface area contributed by atoms with Crippen molar-refractivity contribution in [2.75, 3.05) is 26.2 Å². The van der Waals surface area contributed by atoms with Crippen LogP contribution in [0.2, 0.25) is 0 Å². The van der Waals surface area contributed by atoms with E-state index >= 15 is 0 Å². The molecule has 0 aliphatic heterocycles. The number of aliphatic hydroxyl groups excluding tert-OH is 1. The third-order valence-electron chi connectivity index (χ3n) is 2.98. The van der Waals surface area contributed by atoms with Crippen LogP contribution < -0.4 is 0 Å². The fourth-order valence-corrected chi connectivity index (χ4v) is 2.19. The number of rotatable bonds is 5. The lowest BCUT2D eigenvalue weighted by molar-refractivity contribution is -0.150. The Morgan fingerprint density at radius 1 is 1.35 bits per heavy atom. The Morgan fingerprint density at radius 2 is 2.06 bits per heavy atom. The second-order valence-electron chi connectivity index (χ2n) is 4.48. The number of hydrogen-bond acceptors (Lipinski definition) is 3. The van der Waals surface area contributed by atoms with Gasteiger partial charge in [-0.1, -0.05) is 6.42 Å². The van der Waals surface area contributed by atoms with Crippen LogP contribution in [0.3, 0.4) is 0 Å². The second kappa shape index (κ2) is 6.35. The largest absolute Gasteiger partial charge is 0.401 e. The minimum absolute atomic E-state index is 0.0384. The molecule has 0 amide bonds. The van der Waals surface area contributed by atoms with Gasteiger partial charge in [0, 0.05) is 25.4 Å². The van der Waals surface area contributed by atoms with Gasteiger partial charge in [0.25, 0.3) is 0 Å². The first-order chi connectivity index (χ1) is 7.92. The zero-order valence-corrected chi connectivity index (χ0v) is 9.67. The molecule has 0 aromatic carbocycles. The van der Waals surface area contributed by atoms with E-state index in [0.29, 0.717) is 12.8 Å². The summed E-state index contributed by atoms with van der Waals surface area (Å²) in [4.78, 5) is 12.6. The Hall–Kier alpha value is -0.620. The van der Waals surface area contributed by atoms with Crippen molar-refractivity contribution < 1.29 is 23.1 Å². The number of carbonyl (C=O) groups is 1. The Bertz CT molecular complexity index is 256. The summed E-state index contributed by atoms with van der Waals surface area (Å²) in [5, 5.41) is 8.73. The summed E-state index contributed by atoms with van der Waals surface area (Å²) in [5.74, 6) is -0.237. The average Bonchev–Trinajstić information content (AvgIpc) is 2.19. The summed E-state index contributed by atoms with van der Waals surface area (Å²) in [6.07, 6.45) is -1.40. The van der Waals surface area contributed by atoms with Gasteiger partial charge in [0.05, 0.1) is 13.2 Å². The number of ketones is 1. The predicted octanol–water partition coefficient (Wildman–Crippen LogP) is 1.60. The first kappa shape index (κ1) is 14.4. The quantitative estimate of drug-likeness (QED) is 0.809. The third-order valence-corrected chi connectivity index (χ3v) is 2.98. The molecule has 1 atom stereocenters. The molecule has 0 radical (unpaired) electrons. The fourth-order valence-electron chi connectivity index (χ4n) is 2.19. The SMILES string of the molecule is O=C1CCCCC1CN(CCO)CC(F)(F)F. The van der Waals surface area contributed by atoms with Crippen LogP contribution in [-0.2, 0) is 4.79 Å². The highest BCUT2D eigenvalue weighted by atomic mass is 19.4. The fraction of sp³-hybridized carbons (Fsp3) is 0.909. The van der Waals surface area contributed by atoms with Gasteiger partial charge in [0.1, 0.15) is 5.78 Å². The van der Waals surface area contributed by atoms with Gasteiger partial charge < -0.3 is 5.11 Å². The minimum atomic E-state index is -4.28. The van der Waals surface area contributed by atoms with Crippen LogP contribution >= 0.6 is 0 Å². The van der Waals surface area contributed by atoms with Crippen LogP contribution in [0.15, 0.2) is 0 Å². The molecule has 0 saturated heterocycles. The second-order valence-corrected chi connectivity index (χ2v) is 4.48. The van der Waals surface area contributed by atoms with E-state index in [4.69, 9.17) is 5.11 Å². The summed E-state index contributed by atoms with van der Waals surface area (Å²) in [7, 11) is 0. The summed E-state index contributed by atoms with van der Waals surface area (Å²) < 4.78 is 36.8. The van der Waals surface area contributed by atoms with E-state index in [1.807, 2.05) is 0 Å². The van der Waals surface area contributed by atoms with E-state index in [9.17, 15) is 18.0 Å². The predicted molar refractivity (Wildman–Crippen MR) is 56.5 cm³/mol. The van der Waals surface area contributed by atoms with Gasteiger partial charge in [-0.05, 0) is 12.8 Å². The van der Waals surface area contributed by atoms with E-state index in [2.05, 4.69) is 0 Å². The van der Waals surface area contributed by atoms with E-state index in [-0.39, 0.29) is 31.4 Å². The van der Waals surface area contributed by atoms with Gasteiger partial charge >= 0.3 is 6.18 Å². The molecule has 0 heterocycles. The van der Waals surface area contributed by atoms with Crippen LogP contribution in [0.25, 0.3) is 0 Å². The number of halogens is 3. The molecule has 1 saturated carbocycles. The molecule has 3 nitrogen and oxygen atoms in total. The third kappa shape index (κ3) is 5.50. The molecule has 1 unspecified atom stereocenters. The zero-order valence-electron chi connectivity index (χ0n) is 9.67. The standard InChI is InChI=1S/C11H18F3NO2/c12-11(13,14)8-15(5-6-16)7-9-3-1-2-4-10(9)17/h9,16H,1-8H2. The highest BCUT2D eigenvalue weighted by Crippen LogP contribution is 2.23. The molecule has 1 fully saturated rings. The van der Waals surface area contributed by atoms with Crippen LogP contribution in [0, 0.1) is 5.92 Å². The van der Waals surface area contributed by atoms with Crippen molar-refractivity contribution in [1.82, 2.24) is 4.90 Å². The van der Waals surface area contributed by atoms with E-state index in [1.54, 1.807) is 0 Å². The maximum Gasteiger partial charge on any atom is 0.401 e. The Morgan fingerprint density at radius 3 is 2.59 bits per heavy atom. The Labute approximate surface area is 98.6 Å². The Balaban J connectivity index is 2.50. The van der Waals surface area contributed by atoms with E-state index < -0.39 is 12.7 Å². The molecule has 100 valence electrons. The van der Waals surface area contributed by atoms with Gasteiger partial charge in [-0.2, -0.15) is 13.2 Å². The van der Waals surface area contributed by atoms with Crippen molar-refractivity contribution in [3.63, 3.8) is 0 Å². The molecule has 0 spiro atoms. The monoisotopic (exact) mass is 253 g/mol. The van der Waals surface area contributed by atoms with Gasteiger partial charge in [-0.25, -0.2) is 0 Å². The van der Waals surface area contributed by atoms with Crippen LogP contribution in [0.1, 0.15) is 25.7 Å². The molecule has 0 aromatic rings. The molecule has 0 bridgehead atoms. The summed E-state index contributed by atoms with van der Waals surface area (Å²) >= 11 is 0. The first-order valence-corrected chi connectivity index (χ1v) is 5.85. The normalized spacial score (nSPS) is 22.2. The van der Waals surface area contributed by atoms with E-state index in [1.165, 1.54) is 0 Å². The lowest BCUT2D eigenvalue weighted by atomic mass is 9.87. The molecule has 17 heavy (non-hydrogen) atoms. The smallest absolute Gasteiger partial charge is 0.395 e. The van der Waals surface area contributed by atoms with Crippen molar-refractivity contribution in [2.24, 2.45) is 5.92 Å². The molecular weight excluding hydrogens is 235 g/mol. The molecule has 1 aliphatic rings. The van der Waals surface area contributed by atoms with Gasteiger partial charge in [0.2, 0.25) is 0 Å². The van der Waals surface area contributed by atoms with Crippen molar-refractivity contribution in [3.05, 3.63) is 0 Å². The minimum Gasteiger partial charge on any atom is -0.395 e. The lowest BCUT2D eigenvalue weighted by Gasteiger charge is -2.28. The van der Waals surface area contributed by atoms with Crippen LogP contribution in [0.5, 0.6) is 0 Å². The van der Waals surface area contributed by atoms with Crippen molar-refractivity contribution >= 4 is 5.78 Å². The zero-order chi connectivity index (χ0) is 12.9. The number of Topliss-reactive ketones (excluding diaryl/α,β-unsaturated/α-hetero) is 1. The van der Waals surface area contributed by atoms with Gasteiger partial charge in [-0.15, -0.1) is 0 Å². The molecule has 1 N–H and O–H groups in total. The number of carbonyl (C=O) groups excluding carboxylic acids is 1. The summed E-state index contributed by atoms with van der Waals surface area (Å²) in [5.41, 5.74) is 0. The molecule has 0 aromatic heterocycles. The molecule has 1 rings (SSSR count). The maximum atomic E-state index is 12.3. The highest BCUT2D eigenvalue weighted by molar-refractivity contribution is 5.81. The van der Waals surface area contributed by atoms with Crippen LogP contribution in [-0.4, -0.2) is 48.2 Å². The molecule has 1 aliphatic carbocycles.